The van der Waals surface area contributed by atoms with Crippen LogP contribution in [-0.2, 0) is 4.79 Å². The van der Waals surface area contributed by atoms with E-state index in [1.54, 1.807) is 4.90 Å². The number of carbonyl (C=O) groups is 1. The molecule has 0 radical (unpaired) electrons. The van der Waals surface area contributed by atoms with Crippen LogP contribution in [0.25, 0.3) is 0 Å². The summed E-state index contributed by atoms with van der Waals surface area (Å²) in [5.41, 5.74) is 0. The summed E-state index contributed by atoms with van der Waals surface area (Å²) in [7, 11) is 0. The lowest BCUT2D eigenvalue weighted by Crippen LogP contribution is -2.30. The van der Waals surface area contributed by atoms with E-state index in [0.717, 1.165) is 18.3 Å². The van der Waals surface area contributed by atoms with Crippen molar-refractivity contribution in [2.24, 2.45) is 4.99 Å². The summed E-state index contributed by atoms with van der Waals surface area (Å²) < 4.78 is 0. The number of amides is 1. The van der Waals surface area contributed by atoms with Crippen molar-refractivity contribution in [3.05, 3.63) is 0 Å². The number of aliphatic hydroxyl groups excluding tert-OH is 1. The van der Waals surface area contributed by atoms with Gasteiger partial charge in [-0.15, -0.1) is 0 Å². The van der Waals surface area contributed by atoms with E-state index in [9.17, 15) is 4.79 Å². The van der Waals surface area contributed by atoms with Crippen molar-refractivity contribution < 1.29 is 9.90 Å². The van der Waals surface area contributed by atoms with Gasteiger partial charge < -0.3 is 5.11 Å². The molecule has 1 fully saturated rings. The van der Waals surface area contributed by atoms with Crippen molar-refractivity contribution in [2.75, 3.05) is 19.7 Å². The summed E-state index contributed by atoms with van der Waals surface area (Å²) in [5, 5.41) is 9.44. The Morgan fingerprint density at radius 1 is 1.75 bits per heavy atom. The van der Waals surface area contributed by atoms with E-state index in [1.807, 2.05) is 0 Å². The molecule has 0 bridgehead atoms. The normalized spacial score (nSPS) is 27.8. The molecule has 2 aliphatic heterocycles. The number of hydrogen-bond acceptors (Lipinski definition) is 4. The number of aliphatic imine (C=N–C) groups is 1. The zero-order valence-corrected chi connectivity index (χ0v) is 7.38. The molecule has 1 unspecified atom stereocenters. The summed E-state index contributed by atoms with van der Waals surface area (Å²) >= 11 is 1.48. The molecule has 0 spiro atoms. The van der Waals surface area contributed by atoms with Gasteiger partial charge in [-0.1, -0.05) is 11.8 Å². The Bertz CT molecular complexity index is 242. The number of aliphatic hydroxyl groups is 1. The van der Waals surface area contributed by atoms with Crippen molar-refractivity contribution in [1.82, 2.24) is 4.90 Å². The standard InChI is InChI=1S/C7H10N2O2S/c10-4-1-5-6(11)9-3-2-8-7(9)12-5/h5,10H,1-4H2. The molecule has 1 saturated heterocycles. The van der Waals surface area contributed by atoms with Gasteiger partial charge in [0.2, 0.25) is 5.91 Å². The third-order valence-electron chi connectivity index (χ3n) is 1.98. The summed E-state index contributed by atoms with van der Waals surface area (Å²) in [5.74, 6) is 0.116. The molecule has 1 N–H and O–H groups in total. The molecule has 1 amide bonds. The van der Waals surface area contributed by atoms with E-state index in [2.05, 4.69) is 4.99 Å². The smallest absolute Gasteiger partial charge is 0.242 e. The Balaban J connectivity index is 2.09. The van der Waals surface area contributed by atoms with Gasteiger partial charge in [0.25, 0.3) is 0 Å². The molecule has 0 saturated carbocycles. The minimum Gasteiger partial charge on any atom is -0.396 e. The second-order valence-electron chi connectivity index (χ2n) is 2.77. The highest BCUT2D eigenvalue weighted by Gasteiger charge is 2.39. The predicted molar refractivity (Wildman–Crippen MR) is 47.1 cm³/mol. The van der Waals surface area contributed by atoms with Gasteiger partial charge in [-0.2, -0.15) is 0 Å². The molecular weight excluding hydrogens is 176 g/mol. The van der Waals surface area contributed by atoms with Crippen LogP contribution in [0.15, 0.2) is 4.99 Å². The highest BCUT2D eigenvalue weighted by Crippen LogP contribution is 2.31. The largest absolute Gasteiger partial charge is 0.396 e. The van der Waals surface area contributed by atoms with Crippen molar-refractivity contribution in [3.63, 3.8) is 0 Å². The van der Waals surface area contributed by atoms with Crippen LogP contribution in [0.5, 0.6) is 0 Å². The third kappa shape index (κ3) is 1.13. The van der Waals surface area contributed by atoms with Gasteiger partial charge in [-0.3, -0.25) is 14.7 Å². The summed E-state index contributed by atoms with van der Waals surface area (Å²) in [6.07, 6.45) is 0.541. The molecule has 1 atom stereocenters. The highest BCUT2D eigenvalue weighted by atomic mass is 32.2. The van der Waals surface area contributed by atoms with Crippen LogP contribution in [0.1, 0.15) is 6.42 Å². The van der Waals surface area contributed by atoms with Crippen LogP contribution in [0.4, 0.5) is 0 Å². The lowest BCUT2D eigenvalue weighted by atomic mass is 10.3. The molecule has 66 valence electrons. The number of carbonyl (C=O) groups excluding carboxylic acids is 1. The van der Waals surface area contributed by atoms with Crippen molar-refractivity contribution in [3.8, 4) is 0 Å². The molecule has 0 aromatic carbocycles. The van der Waals surface area contributed by atoms with Crippen molar-refractivity contribution >= 4 is 22.8 Å². The van der Waals surface area contributed by atoms with E-state index in [-0.39, 0.29) is 17.8 Å². The van der Waals surface area contributed by atoms with Crippen molar-refractivity contribution in [2.45, 2.75) is 11.7 Å². The number of amidine groups is 1. The average molecular weight is 186 g/mol. The summed E-state index contributed by atoms with van der Waals surface area (Å²) in [4.78, 5) is 17.4. The molecule has 0 aromatic heterocycles. The molecule has 0 aliphatic carbocycles. The van der Waals surface area contributed by atoms with Gasteiger partial charge in [-0.05, 0) is 6.42 Å². The van der Waals surface area contributed by atoms with Gasteiger partial charge in [0, 0.05) is 13.2 Å². The Kier molecular flexibility index (Phi) is 2.06. The van der Waals surface area contributed by atoms with Gasteiger partial charge in [0.15, 0.2) is 5.17 Å². The van der Waals surface area contributed by atoms with Gasteiger partial charge >= 0.3 is 0 Å². The third-order valence-corrected chi connectivity index (χ3v) is 3.26. The summed E-state index contributed by atoms with van der Waals surface area (Å²) in [6.45, 7) is 1.54. The zero-order valence-electron chi connectivity index (χ0n) is 6.56. The second-order valence-corrected chi connectivity index (χ2v) is 3.94. The Hall–Kier alpha value is -0.550. The molecule has 4 nitrogen and oxygen atoms in total. The Morgan fingerprint density at radius 3 is 3.25 bits per heavy atom. The topological polar surface area (TPSA) is 52.9 Å². The molecule has 2 heterocycles. The van der Waals surface area contributed by atoms with E-state index in [4.69, 9.17) is 5.11 Å². The lowest BCUT2D eigenvalue weighted by molar-refractivity contribution is -0.126. The van der Waals surface area contributed by atoms with Crippen LogP contribution < -0.4 is 0 Å². The number of fused-ring (bicyclic) bond motifs is 1. The van der Waals surface area contributed by atoms with Crippen LogP contribution in [0, 0.1) is 0 Å². The minimum absolute atomic E-state index is 0.0739. The molecule has 12 heavy (non-hydrogen) atoms. The van der Waals surface area contributed by atoms with Crippen molar-refractivity contribution in [1.29, 1.82) is 0 Å². The molecule has 0 aromatic rings. The van der Waals surface area contributed by atoms with Crippen LogP contribution in [0.3, 0.4) is 0 Å². The first-order chi connectivity index (χ1) is 5.83. The van der Waals surface area contributed by atoms with E-state index in [0.29, 0.717) is 6.42 Å². The quantitative estimate of drug-likeness (QED) is 0.643. The maximum atomic E-state index is 11.5. The van der Waals surface area contributed by atoms with Gasteiger partial charge in [0.1, 0.15) is 0 Å². The highest BCUT2D eigenvalue weighted by molar-refractivity contribution is 8.15. The first-order valence-corrected chi connectivity index (χ1v) is 4.84. The number of thioether (sulfide) groups is 1. The molecule has 2 aliphatic rings. The van der Waals surface area contributed by atoms with E-state index < -0.39 is 0 Å². The average Bonchev–Trinajstić information content (AvgIpc) is 2.58. The van der Waals surface area contributed by atoms with Gasteiger partial charge in [0.05, 0.1) is 11.8 Å². The SMILES string of the molecule is O=C1C(CCO)SC2=NCCN12. The Labute approximate surface area is 74.7 Å². The van der Waals surface area contributed by atoms with Crippen LogP contribution in [-0.4, -0.2) is 46.0 Å². The molecule has 2 rings (SSSR count). The van der Waals surface area contributed by atoms with E-state index >= 15 is 0 Å². The zero-order chi connectivity index (χ0) is 8.55. The first-order valence-electron chi connectivity index (χ1n) is 3.96. The molecule has 5 heteroatoms. The second kappa shape index (κ2) is 3.06. The Morgan fingerprint density at radius 2 is 2.58 bits per heavy atom. The maximum Gasteiger partial charge on any atom is 0.242 e. The fourth-order valence-electron chi connectivity index (χ4n) is 1.38. The minimum atomic E-state index is -0.0888. The van der Waals surface area contributed by atoms with Crippen LogP contribution >= 0.6 is 11.8 Å². The monoisotopic (exact) mass is 186 g/mol. The molecular formula is C7H10N2O2S. The van der Waals surface area contributed by atoms with E-state index in [1.165, 1.54) is 11.8 Å². The number of nitrogens with zero attached hydrogens (tertiary/aromatic N) is 2. The summed E-state index contributed by atoms with van der Waals surface area (Å²) in [6, 6.07) is 0. The lowest BCUT2D eigenvalue weighted by Gasteiger charge is -2.08. The first kappa shape index (κ1) is 8.07. The van der Waals surface area contributed by atoms with Crippen LogP contribution in [0.2, 0.25) is 0 Å². The van der Waals surface area contributed by atoms with Gasteiger partial charge in [-0.25, -0.2) is 0 Å². The fourth-order valence-corrected chi connectivity index (χ4v) is 2.56. The predicted octanol–water partition coefficient (Wildman–Crippen LogP) is -0.318. The number of rotatable bonds is 2. The fraction of sp³-hybridized carbons (Fsp3) is 0.714. The maximum absolute atomic E-state index is 11.5. The number of hydrogen-bond donors (Lipinski definition) is 1.